The van der Waals surface area contributed by atoms with Gasteiger partial charge in [0.2, 0.25) is 0 Å². The van der Waals surface area contributed by atoms with E-state index in [0.717, 1.165) is 22.2 Å². The second kappa shape index (κ2) is 6.17. The number of hydrogen-bond acceptors (Lipinski definition) is 4. The lowest BCUT2D eigenvalue weighted by molar-refractivity contribution is -0.384. The maximum atomic E-state index is 11.6. The molecule has 0 spiro atoms. The van der Waals surface area contributed by atoms with E-state index in [1.165, 1.54) is 12.1 Å². The first-order valence-corrected chi connectivity index (χ1v) is 7.90. The number of piperidine rings is 1. The first-order chi connectivity index (χ1) is 9.89. The van der Waals surface area contributed by atoms with Gasteiger partial charge in [-0.15, -0.1) is 0 Å². The van der Waals surface area contributed by atoms with Crippen LogP contribution in [0.25, 0.3) is 0 Å². The minimum absolute atomic E-state index is 0.0557. The third-order valence-corrected chi connectivity index (χ3v) is 5.05. The molecule has 114 valence electrons. The summed E-state index contributed by atoms with van der Waals surface area (Å²) < 4.78 is 0.777. The number of rotatable bonds is 4. The number of hydrogen-bond donors (Lipinski definition) is 1. The fourth-order valence-electron chi connectivity index (χ4n) is 2.82. The fourth-order valence-corrected chi connectivity index (χ4v) is 3.66. The smallest absolute Gasteiger partial charge is 0.311 e. The second-order valence-corrected chi connectivity index (χ2v) is 6.52. The lowest BCUT2D eigenvalue weighted by Gasteiger charge is -2.41. The van der Waals surface area contributed by atoms with E-state index in [1.54, 1.807) is 6.07 Å². The predicted octanol–water partition coefficient (Wildman–Crippen LogP) is 3.28. The van der Waals surface area contributed by atoms with Crippen molar-refractivity contribution in [3.63, 3.8) is 0 Å². The minimum Gasteiger partial charge on any atom is -0.481 e. The number of nitro benzene ring substituents is 1. The summed E-state index contributed by atoms with van der Waals surface area (Å²) in [6.07, 6.45) is 2.08. The maximum Gasteiger partial charge on any atom is 0.311 e. The zero-order valence-electron chi connectivity index (χ0n) is 11.7. The van der Waals surface area contributed by atoms with E-state index in [0.29, 0.717) is 19.4 Å². The van der Waals surface area contributed by atoms with Gasteiger partial charge < -0.3 is 10.0 Å². The summed E-state index contributed by atoms with van der Waals surface area (Å²) in [5, 5.41) is 20.3. The Hall–Kier alpha value is -1.38. The molecule has 0 aromatic heterocycles. The van der Waals surface area contributed by atoms with Crippen molar-refractivity contribution in [3.8, 4) is 0 Å². The van der Waals surface area contributed by atoms with E-state index in [4.69, 9.17) is 0 Å². The molecular formula is C14H17IN2O4. The van der Waals surface area contributed by atoms with Gasteiger partial charge in [-0.1, -0.05) is 6.92 Å². The zero-order valence-corrected chi connectivity index (χ0v) is 13.9. The molecule has 0 aliphatic carbocycles. The van der Waals surface area contributed by atoms with Crippen LogP contribution in [0, 0.1) is 19.1 Å². The monoisotopic (exact) mass is 404 g/mol. The van der Waals surface area contributed by atoms with E-state index in [2.05, 4.69) is 22.6 Å². The second-order valence-electron chi connectivity index (χ2n) is 5.36. The molecule has 0 radical (unpaired) electrons. The molecule has 1 aromatic carbocycles. The Balaban J connectivity index is 2.30. The first-order valence-electron chi connectivity index (χ1n) is 6.82. The number of benzene rings is 1. The Morgan fingerprint density at radius 2 is 2.29 bits per heavy atom. The Labute approximate surface area is 136 Å². The van der Waals surface area contributed by atoms with Gasteiger partial charge in [-0.3, -0.25) is 14.9 Å². The highest BCUT2D eigenvalue weighted by Gasteiger charge is 2.41. The summed E-state index contributed by atoms with van der Waals surface area (Å²) in [6.45, 7) is 3.13. The number of halogens is 1. The van der Waals surface area contributed by atoms with Gasteiger partial charge in [-0.25, -0.2) is 0 Å². The van der Waals surface area contributed by atoms with Crippen LogP contribution < -0.4 is 4.90 Å². The van der Waals surface area contributed by atoms with Crippen LogP contribution in [0.15, 0.2) is 18.2 Å². The molecule has 1 fully saturated rings. The third kappa shape index (κ3) is 3.12. The molecule has 2 rings (SSSR count). The van der Waals surface area contributed by atoms with Crippen molar-refractivity contribution in [1.82, 2.24) is 0 Å². The highest BCUT2D eigenvalue weighted by atomic mass is 127. The molecule has 1 aliphatic heterocycles. The molecule has 1 aliphatic rings. The Morgan fingerprint density at radius 1 is 1.57 bits per heavy atom. The van der Waals surface area contributed by atoms with Gasteiger partial charge >= 0.3 is 5.97 Å². The van der Waals surface area contributed by atoms with Gasteiger partial charge in [0, 0.05) is 28.8 Å². The average molecular weight is 404 g/mol. The maximum absolute atomic E-state index is 11.6. The van der Waals surface area contributed by atoms with Crippen LogP contribution in [0.3, 0.4) is 0 Å². The molecule has 0 bridgehead atoms. The Bertz CT molecular complexity index is 578. The van der Waals surface area contributed by atoms with Gasteiger partial charge in [0.25, 0.3) is 5.69 Å². The highest BCUT2D eigenvalue weighted by molar-refractivity contribution is 14.1. The Kier molecular flexibility index (Phi) is 4.70. The molecule has 0 saturated carbocycles. The van der Waals surface area contributed by atoms with Crippen LogP contribution in [-0.2, 0) is 4.79 Å². The van der Waals surface area contributed by atoms with Crippen molar-refractivity contribution < 1.29 is 14.8 Å². The van der Waals surface area contributed by atoms with Gasteiger partial charge in [0.15, 0.2) is 0 Å². The molecule has 1 atom stereocenters. The molecule has 7 heteroatoms. The van der Waals surface area contributed by atoms with E-state index in [9.17, 15) is 20.0 Å². The molecule has 1 unspecified atom stereocenters. The van der Waals surface area contributed by atoms with Crippen LogP contribution in [0.2, 0.25) is 0 Å². The van der Waals surface area contributed by atoms with Crippen LogP contribution in [-0.4, -0.2) is 29.1 Å². The summed E-state index contributed by atoms with van der Waals surface area (Å²) >= 11 is 2.07. The summed E-state index contributed by atoms with van der Waals surface area (Å²) in [6, 6.07) is 4.72. The van der Waals surface area contributed by atoms with Crippen molar-refractivity contribution in [1.29, 1.82) is 0 Å². The van der Waals surface area contributed by atoms with Crippen molar-refractivity contribution >= 4 is 39.9 Å². The fraction of sp³-hybridized carbons (Fsp3) is 0.500. The number of carboxylic acids is 1. The van der Waals surface area contributed by atoms with Gasteiger partial charge in [0.1, 0.15) is 0 Å². The summed E-state index contributed by atoms with van der Waals surface area (Å²) in [5.74, 6) is -0.758. The number of aliphatic carboxylic acids is 1. The molecule has 1 aromatic rings. The van der Waals surface area contributed by atoms with Crippen LogP contribution in [0.5, 0.6) is 0 Å². The number of nitrogens with zero attached hydrogens (tertiary/aromatic N) is 2. The van der Waals surface area contributed by atoms with Crippen molar-refractivity contribution in [2.75, 3.05) is 18.0 Å². The summed E-state index contributed by atoms with van der Waals surface area (Å²) in [4.78, 5) is 24.0. The van der Waals surface area contributed by atoms with E-state index < -0.39 is 16.3 Å². The van der Waals surface area contributed by atoms with E-state index in [-0.39, 0.29) is 5.69 Å². The van der Waals surface area contributed by atoms with Gasteiger partial charge in [0.05, 0.1) is 16.0 Å². The largest absolute Gasteiger partial charge is 0.481 e. The lowest BCUT2D eigenvalue weighted by Crippen LogP contribution is -2.47. The molecular weight excluding hydrogens is 387 g/mol. The first kappa shape index (κ1) is 16.0. The number of carbonyl (C=O) groups is 1. The van der Waals surface area contributed by atoms with E-state index >= 15 is 0 Å². The lowest BCUT2D eigenvalue weighted by atomic mass is 9.77. The molecule has 1 heterocycles. The number of carboxylic acid groups (broad SMARTS) is 1. The Morgan fingerprint density at radius 3 is 2.81 bits per heavy atom. The number of nitro groups is 1. The molecule has 21 heavy (non-hydrogen) atoms. The van der Waals surface area contributed by atoms with Crippen LogP contribution in [0.1, 0.15) is 26.2 Å². The number of non-ortho nitro benzene ring substituents is 1. The summed E-state index contributed by atoms with van der Waals surface area (Å²) in [7, 11) is 0. The standard InChI is InChI=1S/C14H17IN2O4/c1-2-14(13(18)19)6-3-7-16(9-14)12-5-4-10(17(20)21)8-11(12)15/h4-5,8H,2-3,6-7,9H2,1H3,(H,18,19). The topological polar surface area (TPSA) is 83.7 Å². The SMILES string of the molecule is CCC1(C(=O)O)CCCN(c2ccc([N+](=O)[O-])cc2I)C1. The highest BCUT2D eigenvalue weighted by Crippen LogP contribution is 2.37. The number of anilines is 1. The molecule has 6 nitrogen and oxygen atoms in total. The summed E-state index contributed by atoms with van der Waals surface area (Å²) in [5.41, 5.74) is 0.212. The molecule has 1 N–H and O–H groups in total. The van der Waals surface area contributed by atoms with Crippen LogP contribution >= 0.6 is 22.6 Å². The molecule has 1 saturated heterocycles. The quantitative estimate of drug-likeness (QED) is 0.473. The normalized spacial score (nSPS) is 22.1. The predicted molar refractivity (Wildman–Crippen MR) is 87.6 cm³/mol. The zero-order chi connectivity index (χ0) is 15.6. The molecule has 0 amide bonds. The van der Waals surface area contributed by atoms with E-state index in [1.807, 2.05) is 11.8 Å². The van der Waals surface area contributed by atoms with Gasteiger partial charge in [-0.2, -0.15) is 0 Å². The average Bonchev–Trinajstić information content (AvgIpc) is 2.46. The minimum atomic E-state index is -0.758. The van der Waals surface area contributed by atoms with Crippen molar-refractivity contribution in [2.45, 2.75) is 26.2 Å². The van der Waals surface area contributed by atoms with Gasteiger partial charge in [-0.05, 0) is 47.9 Å². The van der Waals surface area contributed by atoms with Crippen LogP contribution in [0.4, 0.5) is 11.4 Å². The van der Waals surface area contributed by atoms with Crippen molar-refractivity contribution in [2.24, 2.45) is 5.41 Å². The third-order valence-electron chi connectivity index (χ3n) is 4.19. The van der Waals surface area contributed by atoms with Crippen molar-refractivity contribution in [3.05, 3.63) is 31.9 Å².